The summed E-state index contributed by atoms with van der Waals surface area (Å²) < 4.78 is 7.08. The zero-order valence-corrected chi connectivity index (χ0v) is 23.0. The van der Waals surface area contributed by atoms with E-state index in [4.69, 9.17) is 4.74 Å². The van der Waals surface area contributed by atoms with Gasteiger partial charge < -0.3 is 9.64 Å². The zero-order chi connectivity index (χ0) is 26.2. The fourth-order valence-electron chi connectivity index (χ4n) is 3.34. The molecule has 0 N–H and O–H groups in total. The van der Waals surface area contributed by atoms with E-state index >= 15 is 0 Å². The van der Waals surface area contributed by atoms with Crippen molar-refractivity contribution in [3.8, 4) is 17.7 Å². The normalized spacial score (nSPS) is 13.5. The third kappa shape index (κ3) is 10.2. The number of benzene rings is 1. The van der Waals surface area contributed by atoms with Gasteiger partial charge in [-0.15, -0.1) is 0 Å². The lowest BCUT2D eigenvalue weighted by molar-refractivity contribution is -0.132. The molecular weight excluding hydrogens is 458 g/mol. The Morgan fingerprint density at radius 1 is 1.09 bits per heavy atom. The van der Waals surface area contributed by atoms with Crippen molar-refractivity contribution in [1.29, 1.82) is 0 Å². The molecular formula is C28H41N3O3S. The van der Waals surface area contributed by atoms with Gasteiger partial charge in [0.05, 0.1) is 12.6 Å². The van der Waals surface area contributed by atoms with Crippen molar-refractivity contribution in [3.05, 3.63) is 57.6 Å². The second-order valence-corrected chi connectivity index (χ2v) is 7.68. The quantitative estimate of drug-likeness (QED) is 0.466. The fourth-order valence-corrected chi connectivity index (χ4v) is 3.34. The molecule has 0 unspecified atom stereocenters. The minimum Gasteiger partial charge on any atom is -0.467 e. The topological polar surface area (TPSA) is 64.4 Å². The minimum atomic E-state index is -0.196. The summed E-state index contributed by atoms with van der Waals surface area (Å²) in [5, 5.41) is 0. The molecule has 192 valence electrons. The zero-order valence-electron chi connectivity index (χ0n) is 22.1. The van der Waals surface area contributed by atoms with Gasteiger partial charge in [-0.05, 0) is 56.6 Å². The molecule has 2 aliphatic rings. The molecule has 2 heterocycles. The third-order valence-electron chi connectivity index (χ3n) is 5.27. The Labute approximate surface area is 216 Å². The maximum absolute atomic E-state index is 12.5. The van der Waals surface area contributed by atoms with Crippen molar-refractivity contribution in [2.24, 2.45) is 5.92 Å². The van der Waals surface area contributed by atoms with Crippen LogP contribution in [0.5, 0.6) is 5.88 Å². The van der Waals surface area contributed by atoms with E-state index in [9.17, 15) is 9.59 Å². The summed E-state index contributed by atoms with van der Waals surface area (Å²) in [5.74, 6) is 7.71. The van der Waals surface area contributed by atoms with Crippen LogP contribution in [0.4, 0.5) is 0 Å². The summed E-state index contributed by atoms with van der Waals surface area (Å²) in [7, 11) is 0. The summed E-state index contributed by atoms with van der Waals surface area (Å²) in [6.07, 6.45) is 6.19. The average molecular weight is 500 g/mol. The molecule has 2 fully saturated rings. The number of rotatable bonds is 5. The van der Waals surface area contributed by atoms with Crippen molar-refractivity contribution in [3.63, 3.8) is 0 Å². The molecule has 1 aliphatic carbocycles. The van der Waals surface area contributed by atoms with Crippen LogP contribution < -0.4 is 10.3 Å². The summed E-state index contributed by atoms with van der Waals surface area (Å²) in [6.45, 7) is 11.7. The van der Waals surface area contributed by atoms with Crippen LogP contribution in [0, 0.1) is 24.7 Å². The van der Waals surface area contributed by atoms with E-state index < -0.39 is 0 Å². The highest BCUT2D eigenvalue weighted by Crippen LogP contribution is 2.27. The molecule has 4 rings (SSSR count). The second-order valence-electron chi connectivity index (χ2n) is 7.68. The lowest BCUT2D eigenvalue weighted by Gasteiger charge is -2.16. The van der Waals surface area contributed by atoms with Gasteiger partial charge in [0.1, 0.15) is 5.82 Å². The van der Waals surface area contributed by atoms with E-state index in [1.807, 2.05) is 52.0 Å². The van der Waals surface area contributed by atoms with E-state index in [1.165, 1.54) is 18.9 Å². The second kappa shape index (κ2) is 16.8. The molecule has 1 aliphatic heterocycles. The van der Waals surface area contributed by atoms with E-state index in [1.54, 1.807) is 22.6 Å². The van der Waals surface area contributed by atoms with E-state index in [0.29, 0.717) is 18.3 Å². The summed E-state index contributed by atoms with van der Waals surface area (Å²) in [4.78, 5) is 30.8. The molecule has 1 aromatic carbocycles. The van der Waals surface area contributed by atoms with Gasteiger partial charge in [-0.25, -0.2) is 4.98 Å². The Hall–Kier alpha value is -2.72. The monoisotopic (exact) mass is 499 g/mol. The summed E-state index contributed by atoms with van der Waals surface area (Å²) >= 11 is 3.53. The van der Waals surface area contributed by atoms with E-state index in [2.05, 4.69) is 29.5 Å². The number of nitrogens with zero attached hydrogens (tertiary/aromatic N) is 3. The number of aryl methyl sites for hydroxylation is 1. The van der Waals surface area contributed by atoms with Gasteiger partial charge in [0.2, 0.25) is 5.88 Å². The molecule has 0 atom stereocenters. The molecule has 0 spiro atoms. The SMILES string of the molecule is CC.CC.CS.Cc1nc(OCC(=O)N2CCCC2)cc(=O)n1Cc1ccc(C#CC2CC2)cc1. The maximum atomic E-state index is 12.5. The first-order valence-corrected chi connectivity index (χ1v) is 13.5. The third-order valence-corrected chi connectivity index (χ3v) is 5.27. The predicted molar refractivity (Wildman–Crippen MR) is 147 cm³/mol. The van der Waals surface area contributed by atoms with Crippen LogP contribution in [-0.4, -0.2) is 46.3 Å². The van der Waals surface area contributed by atoms with Gasteiger partial charge in [-0.1, -0.05) is 51.7 Å². The van der Waals surface area contributed by atoms with Crippen LogP contribution in [0.3, 0.4) is 0 Å². The summed E-state index contributed by atoms with van der Waals surface area (Å²) in [5.41, 5.74) is 1.81. The number of hydrogen-bond donors (Lipinski definition) is 1. The van der Waals surface area contributed by atoms with Crippen molar-refractivity contribution >= 4 is 18.5 Å². The van der Waals surface area contributed by atoms with E-state index in [0.717, 1.165) is 37.1 Å². The number of ether oxygens (including phenoxy) is 1. The molecule has 2 aromatic rings. The molecule has 1 saturated heterocycles. The number of thiol groups is 1. The first-order valence-electron chi connectivity index (χ1n) is 12.6. The Morgan fingerprint density at radius 3 is 2.23 bits per heavy atom. The molecule has 7 heteroatoms. The van der Waals surface area contributed by atoms with Crippen LogP contribution in [0.15, 0.2) is 35.1 Å². The van der Waals surface area contributed by atoms with Crippen LogP contribution in [0.25, 0.3) is 0 Å². The molecule has 0 radical (unpaired) electrons. The molecule has 1 saturated carbocycles. The average Bonchev–Trinajstić information content (AvgIpc) is 3.57. The molecule has 1 aromatic heterocycles. The van der Waals surface area contributed by atoms with Gasteiger partial charge in [0.25, 0.3) is 11.5 Å². The lowest BCUT2D eigenvalue weighted by Crippen LogP contribution is -2.32. The van der Waals surface area contributed by atoms with E-state index in [-0.39, 0.29) is 24.0 Å². The minimum absolute atomic E-state index is 0.0593. The van der Waals surface area contributed by atoms with Crippen LogP contribution in [-0.2, 0) is 11.3 Å². The number of carbonyl (C=O) groups is 1. The maximum Gasteiger partial charge on any atom is 0.260 e. The largest absolute Gasteiger partial charge is 0.467 e. The first kappa shape index (κ1) is 30.3. The van der Waals surface area contributed by atoms with Gasteiger partial charge >= 0.3 is 0 Å². The van der Waals surface area contributed by atoms with Crippen LogP contribution >= 0.6 is 12.6 Å². The Bertz CT molecular complexity index is 1010. The highest BCUT2D eigenvalue weighted by atomic mass is 32.1. The van der Waals surface area contributed by atoms with Crippen molar-refractivity contribution in [1.82, 2.24) is 14.5 Å². The first-order chi connectivity index (χ1) is 17.1. The number of likely N-dealkylation sites (tertiary alicyclic amines) is 1. The van der Waals surface area contributed by atoms with Gasteiger partial charge in [-0.3, -0.25) is 14.2 Å². The number of carbonyl (C=O) groups excluding carboxylic acids is 1. The molecule has 1 amide bonds. The van der Waals surface area contributed by atoms with Crippen molar-refractivity contribution in [2.45, 2.75) is 66.8 Å². The predicted octanol–water partition coefficient (Wildman–Crippen LogP) is 4.96. The lowest BCUT2D eigenvalue weighted by atomic mass is 10.1. The van der Waals surface area contributed by atoms with Gasteiger partial charge in [-0.2, -0.15) is 12.6 Å². The number of amides is 1. The van der Waals surface area contributed by atoms with Gasteiger partial charge in [0, 0.05) is 24.6 Å². The standard InChI is InChI=1S/C23H25N3O3.2C2H6.CH4S/c1-17-24-21(29-16-23(28)25-12-2-3-13-25)14-22(27)26(17)15-20-10-8-19(9-11-20)7-6-18-4-5-18;3*1-2/h8-11,14,18H,2-5,12-13,15-16H2,1H3;2*1-2H3;2H,1H3. The summed E-state index contributed by atoms with van der Waals surface area (Å²) in [6, 6.07) is 9.30. The van der Waals surface area contributed by atoms with Crippen LogP contribution in [0.2, 0.25) is 0 Å². The van der Waals surface area contributed by atoms with Crippen LogP contribution in [0.1, 0.15) is 70.3 Å². The molecule has 35 heavy (non-hydrogen) atoms. The van der Waals surface area contributed by atoms with Gasteiger partial charge in [0.15, 0.2) is 6.61 Å². The number of aromatic nitrogens is 2. The Kier molecular flexibility index (Phi) is 14.6. The number of hydrogen-bond acceptors (Lipinski definition) is 5. The van der Waals surface area contributed by atoms with Crippen molar-refractivity contribution < 1.29 is 9.53 Å². The fraction of sp³-hybridized carbons (Fsp3) is 0.536. The highest BCUT2D eigenvalue weighted by molar-refractivity contribution is 7.79. The molecule has 0 bridgehead atoms. The Morgan fingerprint density at radius 2 is 1.69 bits per heavy atom. The highest BCUT2D eigenvalue weighted by Gasteiger charge is 2.19. The smallest absolute Gasteiger partial charge is 0.260 e. The van der Waals surface area contributed by atoms with Crippen molar-refractivity contribution in [2.75, 3.05) is 26.0 Å². The Balaban J connectivity index is 0.000000949. The molecule has 6 nitrogen and oxygen atoms in total.